The van der Waals surface area contributed by atoms with Crippen LogP contribution in [0, 0.1) is 0 Å². The Bertz CT molecular complexity index is 1040. The predicted molar refractivity (Wildman–Crippen MR) is 117 cm³/mol. The Morgan fingerprint density at radius 1 is 0.828 bits per heavy atom. The Kier molecular flexibility index (Phi) is 5.69. The summed E-state index contributed by atoms with van der Waals surface area (Å²) in [5, 5.41) is 9.90. The lowest BCUT2D eigenvalue weighted by atomic mass is 10.1. The number of carbonyl (C=O) groups is 2. The van der Waals surface area contributed by atoms with E-state index < -0.39 is 0 Å². The number of phenols is 1. The van der Waals surface area contributed by atoms with Crippen molar-refractivity contribution in [2.45, 2.75) is 0 Å². The molecule has 0 saturated carbocycles. The summed E-state index contributed by atoms with van der Waals surface area (Å²) in [6.07, 6.45) is 0. The molecule has 4 rings (SSSR count). The molecule has 5 nitrogen and oxygen atoms in total. The predicted octanol–water partition coefficient (Wildman–Crippen LogP) is 4.48. The van der Waals surface area contributed by atoms with E-state index in [1.807, 2.05) is 36.4 Å². The molecule has 1 aromatic heterocycles. The van der Waals surface area contributed by atoms with Gasteiger partial charge in [0.15, 0.2) is 0 Å². The van der Waals surface area contributed by atoms with E-state index in [2.05, 4.69) is 15.9 Å². The molecule has 1 aliphatic heterocycles. The first-order valence-electron chi connectivity index (χ1n) is 9.25. The summed E-state index contributed by atoms with van der Waals surface area (Å²) >= 11 is 4.91. The topological polar surface area (TPSA) is 60.9 Å². The summed E-state index contributed by atoms with van der Waals surface area (Å²) < 4.78 is 1.02. The lowest BCUT2D eigenvalue weighted by Crippen LogP contribution is -2.50. The first-order valence-corrected chi connectivity index (χ1v) is 10.9. The van der Waals surface area contributed by atoms with Crippen LogP contribution in [0.3, 0.4) is 0 Å². The molecule has 29 heavy (non-hydrogen) atoms. The minimum atomic E-state index is -0.205. The lowest BCUT2D eigenvalue weighted by molar-refractivity contribution is 0.0536. The summed E-state index contributed by atoms with van der Waals surface area (Å²) in [6, 6.07) is 18.4. The fraction of sp³-hybridized carbons (Fsp3) is 0.182. The third-order valence-corrected chi connectivity index (χ3v) is 6.59. The maximum absolute atomic E-state index is 12.9. The number of piperazine rings is 1. The fourth-order valence-corrected chi connectivity index (χ4v) is 4.56. The molecular formula is C22H19BrN2O3S. The fourth-order valence-electron chi connectivity index (χ4n) is 3.32. The Labute approximate surface area is 181 Å². The zero-order valence-electron chi connectivity index (χ0n) is 15.5. The van der Waals surface area contributed by atoms with E-state index in [1.165, 1.54) is 17.4 Å². The van der Waals surface area contributed by atoms with Gasteiger partial charge in [0.05, 0.1) is 10.4 Å². The Hall–Kier alpha value is -2.64. The average molecular weight is 471 g/mol. The Morgan fingerprint density at radius 2 is 1.45 bits per heavy atom. The maximum atomic E-state index is 12.9. The first kappa shape index (κ1) is 19.7. The third-order valence-electron chi connectivity index (χ3n) is 4.93. The Balaban J connectivity index is 1.40. The SMILES string of the molecule is O=C(c1ccc(-c2ccc(Br)cc2)s1)N1CCN(C(=O)c2ccccc2O)CC1. The van der Waals surface area contributed by atoms with Crippen LogP contribution in [0.2, 0.25) is 0 Å². The van der Waals surface area contributed by atoms with E-state index in [1.54, 1.807) is 28.0 Å². The molecule has 0 aliphatic carbocycles. The number of rotatable bonds is 3. The van der Waals surface area contributed by atoms with Gasteiger partial charge >= 0.3 is 0 Å². The molecule has 0 unspecified atom stereocenters. The standard InChI is InChI=1S/C22H19BrN2O3S/c23-16-7-5-15(6-8-16)19-9-10-20(29-19)22(28)25-13-11-24(12-14-25)21(27)17-3-1-2-4-18(17)26/h1-10,26H,11-14H2. The molecular weight excluding hydrogens is 452 g/mol. The molecule has 1 aliphatic rings. The highest BCUT2D eigenvalue weighted by Crippen LogP contribution is 2.30. The van der Waals surface area contributed by atoms with Crippen molar-refractivity contribution < 1.29 is 14.7 Å². The number of para-hydroxylation sites is 1. The number of amides is 2. The number of phenolic OH excluding ortho intramolecular Hbond substituents is 1. The van der Waals surface area contributed by atoms with Crippen molar-refractivity contribution in [2.24, 2.45) is 0 Å². The average Bonchev–Trinajstić information content (AvgIpc) is 3.24. The van der Waals surface area contributed by atoms with Crippen LogP contribution in [0.15, 0.2) is 65.1 Å². The number of nitrogens with zero attached hydrogens (tertiary/aromatic N) is 2. The molecule has 3 aromatic rings. The number of carbonyl (C=O) groups excluding carboxylic acids is 2. The lowest BCUT2D eigenvalue weighted by Gasteiger charge is -2.34. The molecule has 7 heteroatoms. The molecule has 2 aromatic carbocycles. The van der Waals surface area contributed by atoms with Gasteiger partial charge in [-0.3, -0.25) is 9.59 Å². The maximum Gasteiger partial charge on any atom is 0.264 e. The van der Waals surface area contributed by atoms with Gasteiger partial charge < -0.3 is 14.9 Å². The molecule has 1 N–H and O–H groups in total. The van der Waals surface area contributed by atoms with Crippen LogP contribution in [0.25, 0.3) is 10.4 Å². The molecule has 0 radical (unpaired) electrons. The van der Waals surface area contributed by atoms with E-state index in [9.17, 15) is 14.7 Å². The summed E-state index contributed by atoms with van der Waals surface area (Å²) in [6.45, 7) is 1.85. The smallest absolute Gasteiger partial charge is 0.264 e. The highest BCUT2D eigenvalue weighted by Gasteiger charge is 2.27. The van der Waals surface area contributed by atoms with E-state index in [4.69, 9.17) is 0 Å². The van der Waals surface area contributed by atoms with Crippen LogP contribution >= 0.6 is 27.3 Å². The van der Waals surface area contributed by atoms with Crippen molar-refractivity contribution in [2.75, 3.05) is 26.2 Å². The van der Waals surface area contributed by atoms with Gasteiger partial charge in [-0.25, -0.2) is 0 Å². The summed E-state index contributed by atoms with van der Waals surface area (Å²) in [4.78, 5) is 30.7. The third kappa shape index (κ3) is 4.21. The van der Waals surface area contributed by atoms with Crippen molar-refractivity contribution in [1.29, 1.82) is 0 Å². The minimum Gasteiger partial charge on any atom is -0.507 e. The highest BCUT2D eigenvalue weighted by molar-refractivity contribution is 9.10. The monoisotopic (exact) mass is 470 g/mol. The minimum absolute atomic E-state index is 0.00646. The second-order valence-corrected chi connectivity index (χ2v) is 8.77. The second kappa shape index (κ2) is 8.39. The van der Waals surface area contributed by atoms with Crippen molar-refractivity contribution in [3.05, 3.63) is 75.6 Å². The van der Waals surface area contributed by atoms with E-state index in [-0.39, 0.29) is 17.6 Å². The van der Waals surface area contributed by atoms with E-state index >= 15 is 0 Å². The van der Waals surface area contributed by atoms with Crippen LogP contribution in [0.5, 0.6) is 5.75 Å². The van der Waals surface area contributed by atoms with Gasteiger partial charge in [0.1, 0.15) is 5.75 Å². The van der Waals surface area contributed by atoms with Crippen LogP contribution in [-0.2, 0) is 0 Å². The van der Waals surface area contributed by atoms with Gasteiger partial charge in [-0.15, -0.1) is 11.3 Å². The van der Waals surface area contributed by atoms with Crippen molar-refractivity contribution in [1.82, 2.24) is 9.80 Å². The van der Waals surface area contributed by atoms with Gasteiger partial charge in [-0.2, -0.15) is 0 Å². The Morgan fingerprint density at radius 3 is 2.10 bits per heavy atom. The molecule has 148 valence electrons. The first-order chi connectivity index (χ1) is 14.0. The van der Waals surface area contributed by atoms with Crippen LogP contribution in [0.1, 0.15) is 20.0 Å². The number of hydrogen-bond acceptors (Lipinski definition) is 4. The molecule has 0 spiro atoms. The van der Waals surface area contributed by atoms with Crippen LogP contribution < -0.4 is 0 Å². The molecule has 0 bridgehead atoms. The second-order valence-electron chi connectivity index (χ2n) is 6.77. The largest absolute Gasteiger partial charge is 0.507 e. The molecule has 1 fully saturated rings. The summed E-state index contributed by atoms with van der Waals surface area (Å²) in [7, 11) is 0. The van der Waals surface area contributed by atoms with Gasteiger partial charge in [0.2, 0.25) is 0 Å². The molecule has 1 saturated heterocycles. The van der Waals surface area contributed by atoms with Gasteiger partial charge in [-0.1, -0.05) is 40.2 Å². The van der Waals surface area contributed by atoms with Crippen molar-refractivity contribution in [3.63, 3.8) is 0 Å². The van der Waals surface area contributed by atoms with Crippen molar-refractivity contribution >= 4 is 39.1 Å². The summed E-state index contributed by atoms with van der Waals surface area (Å²) in [5.41, 5.74) is 1.38. The van der Waals surface area contributed by atoms with E-state index in [0.29, 0.717) is 36.6 Å². The van der Waals surface area contributed by atoms with Gasteiger partial charge in [0.25, 0.3) is 11.8 Å². The number of hydrogen-bond donors (Lipinski definition) is 1. The highest BCUT2D eigenvalue weighted by atomic mass is 79.9. The number of aromatic hydroxyl groups is 1. The molecule has 2 heterocycles. The van der Waals surface area contributed by atoms with Gasteiger partial charge in [-0.05, 0) is 42.0 Å². The zero-order chi connectivity index (χ0) is 20.4. The molecule has 0 atom stereocenters. The number of halogens is 1. The quantitative estimate of drug-likeness (QED) is 0.613. The summed E-state index contributed by atoms with van der Waals surface area (Å²) in [5.74, 6) is -0.230. The zero-order valence-corrected chi connectivity index (χ0v) is 17.9. The van der Waals surface area contributed by atoms with Crippen molar-refractivity contribution in [3.8, 4) is 16.2 Å². The van der Waals surface area contributed by atoms with E-state index in [0.717, 1.165) is 14.9 Å². The molecule has 2 amide bonds. The van der Waals surface area contributed by atoms with Gasteiger partial charge in [0, 0.05) is 35.5 Å². The normalized spacial score (nSPS) is 14.1. The van der Waals surface area contributed by atoms with Crippen LogP contribution in [-0.4, -0.2) is 52.9 Å². The van der Waals surface area contributed by atoms with Crippen LogP contribution in [0.4, 0.5) is 0 Å². The number of thiophene rings is 1. The number of benzene rings is 2.